The van der Waals surface area contributed by atoms with Crippen LogP contribution in [0.4, 0.5) is 0 Å². The van der Waals surface area contributed by atoms with Gasteiger partial charge in [0.15, 0.2) is 0 Å². The van der Waals surface area contributed by atoms with Crippen molar-refractivity contribution < 1.29 is 0 Å². The molecule has 0 radical (unpaired) electrons. The molecule has 3 heteroatoms. The van der Waals surface area contributed by atoms with Crippen LogP contribution >= 0.6 is 0 Å². The number of nitrogens with zero attached hydrogens (tertiary/aromatic N) is 2. The molecule has 0 amide bonds. The van der Waals surface area contributed by atoms with Crippen molar-refractivity contribution in [2.75, 3.05) is 7.05 Å². The van der Waals surface area contributed by atoms with E-state index in [0.29, 0.717) is 17.9 Å². The molecule has 1 aromatic heterocycles. The SMILES string of the molecule is CNC(c1cnccn1)C1CC1c1ccccc1. The highest BCUT2D eigenvalue weighted by Gasteiger charge is 2.44. The molecule has 1 aliphatic carbocycles. The lowest BCUT2D eigenvalue weighted by Crippen LogP contribution is -2.20. The fourth-order valence-electron chi connectivity index (χ4n) is 2.72. The Labute approximate surface area is 107 Å². The molecule has 0 bridgehead atoms. The molecule has 1 heterocycles. The molecule has 3 unspecified atom stereocenters. The van der Waals surface area contributed by atoms with Crippen LogP contribution in [0.1, 0.15) is 29.6 Å². The molecule has 1 fully saturated rings. The van der Waals surface area contributed by atoms with Crippen molar-refractivity contribution in [3.05, 3.63) is 60.2 Å². The quantitative estimate of drug-likeness (QED) is 0.891. The van der Waals surface area contributed by atoms with Gasteiger partial charge < -0.3 is 5.32 Å². The van der Waals surface area contributed by atoms with E-state index in [4.69, 9.17) is 0 Å². The lowest BCUT2D eigenvalue weighted by atomic mass is 10.0. The Morgan fingerprint density at radius 1 is 1.22 bits per heavy atom. The molecule has 3 rings (SSSR count). The lowest BCUT2D eigenvalue weighted by molar-refractivity contribution is 0.503. The summed E-state index contributed by atoms with van der Waals surface area (Å²) in [6.07, 6.45) is 6.57. The largest absolute Gasteiger partial charge is 0.311 e. The number of hydrogen-bond donors (Lipinski definition) is 1. The Bertz CT molecular complexity index is 498. The highest BCUT2D eigenvalue weighted by Crippen LogP contribution is 2.53. The molecule has 3 atom stereocenters. The van der Waals surface area contributed by atoms with Gasteiger partial charge in [-0.25, -0.2) is 0 Å². The average Bonchev–Trinajstić information content (AvgIpc) is 3.22. The first-order chi connectivity index (χ1) is 8.90. The van der Waals surface area contributed by atoms with Gasteiger partial charge in [-0.05, 0) is 30.9 Å². The predicted octanol–water partition coefficient (Wildman–Crippen LogP) is 2.54. The van der Waals surface area contributed by atoms with Crippen molar-refractivity contribution >= 4 is 0 Å². The van der Waals surface area contributed by atoms with E-state index in [1.54, 1.807) is 12.4 Å². The third-order valence-corrected chi connectivity index (χ3v) is 3.71. The van der Waals surface area contributed by atoms with Crippen LogP contribution in [0, 0.1) is 5.92 Å². The second kappa shape index (κ2) is 4.86. The van der Waals surface area contributed by atoms with Gasteiger partial charge in [-0.3, -0.25) is 9.97 Å². The van der Waals surface area contributed by atoms with Crippen LogP contribution in [0.3, 0.4) is 0 Å². The summed E-state index contributed by atoms with van der Waals surface area (Å²) < 4.78 is 0. The van der Waals surface area contributed by atoms with Crippen LogP contribution in [-0.4, -0.2) is 17.0 Å². The Balaban J connectivity index is 1.77. The molecule has 1 N–H and O–H groups in total. The summed E-state index contributed by atoms with van der Waals surface area (Å²) in [6, 6.07) is 11.0. The molecular weight excluding hydrogens is 222 g/mol. The summed E-state index contributed by atoms with van der Waals surface area (Å²) in [5.74, 6) is 1.29. The van der Waals surface area contributed by atoms with Crippen LogP contribution in [-0.2, 0) is 0 Å². The molecule has 0 saturated heterocycles. The molecule has 1 aromatic carbocycles. The molecule has 1 aliphatic rings. The first kappa shape index (κ1) is 11.4. The molecule has 0 spiro atoms. The van der Waals surface area contributed by atoms with Gasteiger partial charge in [0.2, 0.25) is 0 Å². The van der Waals surface area contributed by atoms with E-state index in [1.807, 2.05) is 13.2 Å². The molecule has 1 saturated carbocycles. The minimum Gasteiger partial charge on any atom is -0.311 e. The predicted molar refractivity (Wildman–Crippen MR) is 71.1 cm³/mol. The van der Waals surface area contributed by atoms with Crippen molar-refractivity contribution in [3.63, 3.8) is 0 Å². The van der Waals surface area contributed by atoms with Crippen LogP contribution in [0.25, 0.3) is 0 Å². The average molecular weight is 239 g/mol. The van der Waals surface area contributed by atoms with Gasteiger partial charge in [-0.1, -0.05) is 30.3 Å². The fourth-order valence-corrected chi connectivity index (χ4v) is 2.72. The van der Waals surface area contributed by atoms with E-state index in [0.717, 1.165) is 5.69 Å². The minimum atomic E-state index is 0.309. The maximum absolute atomic E-state index is 4.41. The second-order valence-corrected chi connectivity index (χ2v) is 4.81. The number of rotatable bonds is 4. The molecule has 3 nitrogen and oxygen atoms in total. The Kier molecular flexibility index (Phi) is 3.07. The number of nitrogens with one attached hydrogen (secondary N) is 1. The maximum Gasteiger partial charge on any atom is 0.0759 e. The van der Waals surface area contributed by atoms with Gasteiger partial charge in [0.25, 0.3) is 0 Å². The van der Waals surface area contributed by atoms with Gasteiger partial charge in [-0.15, -0.1) is 0 Å². The zero-order chi connectivity index (χ0) is 12.4. The monoisotopic (exact) mass is 239 g/mol. The van der Waals surface area contributed by atoms with E-state index < -0.39 is 0 Å². The third-order valence-electron chi connectivity index (χ3n) is 3.71. The highest BCUT2D eigenvalue weighted by atomic mass is 14.9. The van der Waals surface area contributed by atoms with Crippen molar-refractivity contribution in [2.45, 2.75) is 18.4 Å². The zero-order valence-corrected chi connectivity index (χ0v) is 10.5. The van der Waals surface area contributed by atoms with E-state index in [2.05, 4.69) is 45.6 Å². The van der Waals surface area contributed by atoms with Gasteiger partial charge >= 0.3 is 0 Å². The van der Waals surface area contributed by atoms with Gasteiger partial charge in [0.1, 0.15) is 0 Å². The summed E-state index contributed by atoms with van der Waals surface area (Å²) in [5, 5.41) is 3.38. The Hall–Kier alpha value is -1.74. The summed E-state index contributed by atoms with van der Waals surface area (Å²) in [6.45, 7) is 0. The second-order valence-electron chi connectivity index (χ2n) is 4.81. The lowest BCUT2D eigenvalue weighted by Gasteiger charge is -2.15. The van der Waals surface area contributed by atoms with Crippen molar-refractivity contribution in [2.24, 2.45) is 5.92 Å². The Morgan fingerprint density at radius 3 is 2.72 bits per heavy atom. The minimum absolute atomic E-state index is 0.309. The van der Waals surface area contributed by atoms with Crippen molar-refractivity contribution in [1.29, 1.82) is 0 Å². The molecule has 0 aliphatic heterocycles. The van der Waals surface area contributed by atoms with Gasteiger partial charge in [0.05, 0.1) is 11.7 Å². The molecule has 2 aromatic rings. The van der Waals surface area contributed by atoms with Gasteiger partial charge in [-0.2, -0.15) is 0 Å². The van der Waals surface area contributed by atoms with Crippen molar-refractivity contribution in [1.82, 2.24) is 15.3 Å². The normalized spacial score (nSPS) is 23.6. The van der Waals surface area contributed by atoms with Crippen molar-refractivity contribution in [3.8, 4) is 0 Å². The molecule has 18 heavy (non-hydrogen) atoms. The molecule has 92 valence electrons. The smallest absolute Gasteiger partial charge is 0.0759 e. The first-order valence-electron chi connectivity index (χ1n) is 6.38. The van der Waals surface area contributed by atoms with E-state index >= 15 is 0 Å². The maximum atomic E-state index is 4.41. The third kappa shape index (κ3) is 2.14. The van der Waals surface area contributed by atoms with E-state index in [-0.39, 0.29) is 0 Å². The fraction of sp³-hybridized carbons (Fsp3) is 0.333. The highest BCUT2D eigenvalue weighted by molar-refractivity contribution is 5.28. The number of hydrogen-bond acceptors (Lipinski definition) is 3. The summed E-state index contributed by atoms with van der Waals surface area (Å²) in [5.41, 5.74) is 2.48. The summed E-state index contributed by atoms with van der Waals surface area (Å²) in [4.78, 5) is 8.57. The zero-order valence-electron chi connectivity index (χ0n) is 10.5. The van der Waals surface area contributed by atoms with Crippen LogP contribution < -0.4 is 5.32 Å². The van der Waals surface area contributed by atoms with E-state index in [9.17, 15) is 0 Å². The van der Waals surface area contributed by atoms with Crippen LogP contribution in [0.5, 0.6) is 0 Å². The summed E-state index contributed by atoms with van der Waals surface area (Å²) >= 11 is 0. The first-order valence-corrected chi connectivity index (χ1v) is 6.38. The topological polar surface area (TPSA) is 37.8 Å². The van der Waals surface area contributed by atoms with E-state index in [1.165, 1.54) is 12.0 Å². The number of benzene rings is 1. The van der Waals surface area contributed by atoms with Crippen LogP contribution in [0.2, 0.25) is 0 Å². The van der Waals surface area contributed by atoms with Gasteiger partial charge in [0, 0.05) is 18.6 Å². The Morgan fingerprint density at radius 2 is 2.06 bits per heavy atom. The summed E-state index contributed by atoms with van der Waals surface area (Å²) in [7, 11) is 2.00. The van der Waals surface area contributed by atoms with Crippen LogP contribution in [0.15, 0.2) is 48.9 Å². The number of aromatic nitrogens is 2. The standard InChI is InChI=1S/C15H17N3/c1-16-15(14-10-17-7-8-18-14)13-9-12(13)11-5-3-2-4-6-11/h2-8,10,12-13,15-16H,9H2,1H3. The molecular formula is C15H17N3.